The summed E-state index contributed by atoms with van der Waals surface area (Å²) in [5.74, 6) is 0.649. The Kier molecular flexibility index (Phi) is 6.09. The third-order valence-electron chi connectivity index (χ3n) is 3.49. The smallest absolute Gasteiger partial charge is 0.224 e. The number of carbonyl (C=O) groups excluding carboxylic acids is 1. The van der Waals surface area contributed by atoms with Crippen LogP contribution in [0.4, 0.5) is 11.6 Å². The van der Waals surface area contributed by atoms with Crippen molar-refractivity contribution in [3.8, 4) is 0 Å². The van der Waals surface area contributed by atoms with Crippen LogP contribution in [0.2, 0.25) is 0 Å². The SMILES string of the molecule is CCc1ccc(NC(=O)CCCNc2nc(C)cc(C)n2)cc1. The molecule has 0 aliphatic heterocycles. The molecule has 1 aromatic heterocycles. The molecule has 0 aliphatic carbocycles. The van der Waals surface area contributed by atoms with Crippen molar-refractivity contribution in [2.45, 2.75) is 40.0 Å². The van der Waals surface area contributed by atoms with E-state index in [0.717, 1.165) is 29.9 Å². The van der Waals surface area contributed by atoms with E-state index in [1.54, 1.807) is 0 Å². The third kappa shape index (κ3) is 5.70. The summed E-state index contributed by atoms with van der Waals surface area (Å²) in [5, 5.41) is 6.07. The number of amides is 1. The number of aryl methyl sites for hydroxylation is 3. The summed E-state index contributed by atoms with van der Waals surface area (Å²) < 4.78 is 0. The van der Waals surface area contributed by atoms with Gasteiger partial charge in [0.1, 0.15) is 0 Å². The van der Waals surface area contributed by atoms with Crippen molar-refractivity contribution >= 4 is 17.5 Å². The van der Waals surface area contributed by atoms with E-state index in [1.807, 2.05) is 44.2 Å². The molecular formula is C18H24N4O. The summed E-state index contributed by atoms with van der Waals surface area (Å²) in [6.45, 7) is 6.67. The highest BCUT2D eigenvalue weighted by Gasteiger charge is 2.03. The number of carbonyl (C=O) groups is 1. The molecule has 0 radical (unpaired) electrons. The number of nitrogens with zero attached hydrogens (tertiary/aromatic N) is 2. The molecule has 23 heavy (non-hydrogen) atoms. The minimum Gasteiger partial charge on any atom is -0.354 e. The van der Waals surface area contributed by atoms with E-state index < -0.39 is 0 Å². The van der Waals surface area contributed by atoms with Gasteiger partial charge in [-0.2, -0.15) is 0 Å². The van der Waals surface area contributed by atoms with Crippen molar-refractivity contribution in [3.63, 3.8) is 0 Å². The molecule has 0 fully saturated rings. The van der Waals surface area contributed by atoms with Gasteiger partial charge in [-0.25, -0.2) is 9.97 Å². The molecule has 2 rings (SSSR count). The fraction of sp³-hybridized carbons (Fsp3) is 0.389. The van der Waals surface area contributed by atoms with Gasteiger partial charge in [0.05, 0.1) is 0 Å². The molecule has 122 valence electrons. The highest BCUT2D eigenvalue weighted by molar-refractivity contribution is 5.90. The summed E-state index contributed by atoms with van der Waals surface area (Å²) in [6.07, 6.45) is 2.20. The van der Waals surface area contributed by atoms with Crippen LogP contribution in [0.5, 0.6) is 0 Å². The molecule has 0 unspecified atom stereocenters. The quantitative estimate of drug-likeness (QED) is 0.768. The van der Waals surface area contributed by atoms with Crippen LogP contribution in [0.25, 0.3) is 0 Å². The average molecular weight is 312 g/mol. The van der Waals surface area contributed by atoms with Crippen LogP contribution in [-0.2, 0) is 11.2 Å². The predicted molar refractivity (Wildman–Crippen MR) is 93.7 cm³/mol. The minimum absolute atomic E-state index is 0.0254. The van der Waals surface area contributed by atoms with Crippen molar-refractivity contribution in [2.24, 2.45) is 0 Å². The molecule has 0 bridgehead atoms. The molecule has 2 N–H and O–H groups in total. The number of nitrogens with one attached hydrogen (secondary N) is 2. The standard InChI is InChI=1S/C18H24N4O/c1-4-15-7-9-16(10-8-15)22-17(23)6-5-11-19-18-20-13(2)12-14(3)21-18/h7-10,12H,4-6,11H2,1-3H3,(H,22,23)(H,19,20,21). The summed E-state index contributed by atoms with van der Waals surface area (Å²) in [4.78, 5) is 20.5. The second-order valence-corrected chi connectivity index (χ2v) is 5.60. The van der Waals surface area contributed by atoms with Crippen LogP contribution in [0.15, 0.2) is 30.3 Å². The Balaban J connectivity index is 1.71. The minimum atomic E-state index is 0.0254. The van der Waals surface area contributed by atoms with Gasteiger partial charge in [-0.1, -0.05) is 19.1 Å². The molecule has 5 heteroatoms. The van der Waals surface area contributed by atoms with Gasteiger partial charge in [-0.15, -0.1) is 0 Å². The molecule has 1 heterocycles. The van der Waals surface area contributed by atoms with E-state index in [1.165, 1.54) is 5.56 Å². The maximum atomic E-state index is 11.9. The lowest BCUT2D eigenvalue weighted by Crippen LogP contribution is -2.14. The van der Waals surface area contributed by atoms with E-state index in [-0.39, 0.29) is 5.91 Å². The molecule has 0 spiro atoms. The lowest BCUT2D eigenvalue weighted by atomic mass is 10.1. The van der Waals surface area contributed by atoms with E-state index in [4.69, 9.17) is 0 Å². The van der Waals surface area contributed by atoms with E-state index in [9.17, 15) is 4.79 Å². The van der Waals surface area contributed by atoms with Crippen molar-refractivity contribution in [2.75, 3.05) is 17.2 Å². The molecule has 0 atom stereocenters. The van der Waals surface area contributed by atoms with Gasteiger partial charge in [-0.05, 0) is 50.5 Å². The van der Waals surface area contributed by atoms with Crippen LogP contribution in [0, 0.1) is 13.8 Å². The van der Waals surface area contributed by atoms with Crippen LogP contribution < -0.4 is 10.6 Å². The third-order valence-corrected chi connectivity index (χ3v) is 3.49. The Morgan fingerprint density at radius 3 is 2.35 bits per heavy atom. The Hall–Kier alpha value is -2.43. The zero-order chi connectivity index (χ0) is 16.7. The molecule has 0 saturated carbocycles. The summed E-state index contributed by atoms with van der Waals surface area (Å²) >= 11 is 0. The molecule has 1 aromatic carbocycles. The zero-order valence-electron chi connectivity index (χ0n) is 14.0. The fourth-order valence-electron chi connectivity index (χ4n) is 2.30. The second-order valence-electron chi connectivity index (χ2n) is 5.60. The van der Waals surface area contributed by atoms with Crippen LogP contribution >= 0.6 is 0 Å². The fourth-order valence-corrected chi connectivity index (χ4v) is 2.30. The molecule has 5 nitrogen and oxygen atoms in total. The number of hydrogen-bond acceptors (Lipinski definition) is 4. The van der Waals surface area contributed by atoms with Crippen molar-refractivity contribution in [1.29, 1.82) is 0 Å². The Morgan fingerprint density at radius 1 is 1.09 bits per heavy atom. The number of rotatable bonds is 7. The average Bonchev–Trinajstić information content (AvgIpc) is 2.51. The van der Waals surface area contributed by atoms with Crippen LogP contribution in [0.1, 0.15) is 36.7 Å². The van der Waals surface area contributed by atoms with Gasteiger partial charge in [0.15, 0.2) is 0 Å². The second kappa shape index (κ2) is 8.27. The number of hydrogen-bond donors (Lipinski definition) is 2. The summed E-state index contributed by atoms with van der Waals surface area (Å²) in [6, 6.07) is 9.89. The lowest BCUT2D eigenvalue weighted by Gasteiger charge is -2.08. The topological polar surface area (TPSA) is 66.9 Å². The number of benzene rings is 1. The predicted octanol–water partition coefficient (Wildman–Crippen LogP) is 3.49. The number of anilines is 2. The first-order chi connectivity index (χ1) is 11.1. The lowest BCUT2D eigenvalue weighted by molar-refractivity contribution is -0.116. The van der Waals surface area contributed by atoms with Gasteiger partial charge < -0.3 is 10.6 Å². The highest BCUT2D eigenvalue weighted by Crippen LogP contribution is 2.10. The molecular weight excluding hydrogens is 288 g/mol. The molecule has 0 saturated heterocycles. The first kappa shape index (κ1) is 16.9. The largest absolute Gasteiger partial charge is 0.354 e. The van der Waals surface area contributed by atoms with Crippen molar-refractivity contribution in [3.05, 3.63) is 47.3 Å². The van der Waals surface area contributed by atoms with Crippen LogP contribution in [-0.4, -0.2) is 22.4 Å². The first-order valence-electron chi connectivity index (χ1n) is 8.02. The summed E-state index contributed by atoms with van der Waals surface area (Å²) in [5.41, 5.74) is 3.99. The highest BCUT2D eigenvalue weighted by atomic mass is 16.1. The molecule has 2 aromatic rings. The van der Waals surface area contributed by atoms with Crippen LogP contribution in [0.3, 0.4) is 0 Å². The Labute approximate surface area is 137 Å². The number of aromatic nitrogens is 2. The molecule has 1 amide bonds. The van der Waals surface area contributed by atoms with E-state index in [2.05, 4.69) is 27.5 Å². The first-order valence-corrected chi connectivity index (χ1v) is 8.02. The van der Waals surface area contributed by atoms with Gasteiger partial charge >= 0.3 is 0 Å². The summed E-state index contributed by atoms with van der Waals surface area (Å²) in [7, 11) is 0. The van der Waals surface area contributed by atoms with Gasteiger partial charge in [-0.3, -0.25) is 4.79 Å². The van der Waals surface area contributed by atoms with E-state index in [0.29, 0.717) is 18.9 Å². The monoisotopic (exact) mass is 312 g/mol. The van der Waals surface area contributed by atoms with E-state index >= 15 is 0 Å². The van der Waals surface area contributed by atoms with Crippen molar-refractivity contribution in [1.82, 2.24) is 9.97 Å². The van der Waals surface area contributed by atoms with Crippen molar-refractivity contribution < 1.29 is 4.79 Å². The molecule has 0 aliphatic rings. The van der Waals surface area contributed by atoms with Gasteiger partial charge in [0.2, 0.25) is 11.9 Å². The Morgan fingerprint density at radius 2 is 1.74 bits per heavy atom. The van der Waals surface area contributed by atoms with Gasteiger partial charge in [0.25, 0.3) is 0 Å². The Bertz CT molecular complexity index is 632. The maximum Gasteiger partial charge on any atom is 0.224 e. The van der Waals surface area contributed by atoms with Gasteiger partial charge in [0, 0.05) is 30.0 Å². The maximum absolute atomic E-state index is 11.9. The normalized spacial score (nSPS) is 10.4. The zero-order valence-corrected chi connectivity index (χ0v) is 14.0.